The maximum absolute atomic E-state index is 2.50. The molecule has 0 nitrogen and oxygen atoms in total. The minimum atomic E-state index is 0.199. The van der Waals surface area contributed by atoms with E-state index in [1.807, 2.05) is 0 Å². The number of benzene rings is 1. The van der Waals surface area contributed by atoms with Crippen LogP contribution in [-0.4, -0.2) is 0 Å². The smallest absolute Gasteiger partial charge is 0.0124 e. The lowest BCUT2D eigenvalue weighted by Crippen LogP contribution is -2.18. The quantitative estimate of drug-likeness (QED) is 0.535. The van der Waals surface area contributed by atoms with Crippen molar-refractivity contribution in [3.8, 4) is 0 Å². The molecule has 1 saturated carbocycles. The summed E-state index contributed by atoms with van der Waals surface area (Å²) in [5, 5.41) is 0. The molecule has 24 heavy (non-hydrogen) atoms. The van der Waals surface area contributed by atoms with E-state index < -0.39 is 0 Å². The van der Waals surface area contributed by atoms with Crippen LogP contribution in [-0.2, 0) is 10.8 Å². The molecule has 130 valence electrons. The monoisotopic (exact) mass is 322 g/mol. The maximum atomic E-state index is 2.50. The highest BCUT2D eigenvalue weighted by Gasteiger charge is 2.39. The second-order valence-electron chi connectivity index (χ2n) is 10.1. The average molecular weight is 323 g/mol. The summed E-state index contributed by atoms with van der Waals surface area (Å²) in [5.41, 5.74) is 4.93. The van der Waals surface area contributed by atoms with Gasteiger partial charge < -0.3 is 0 Å². The predicted molar refractivity (Wildman–Crippen MR) is 106 cm³/mol. The molecular formula is C24H34. The topological polar surface area (TPSA) is 0 Å². The molecule has 0 aromatic heterocycles. The van der Waals surface area contributed by atoms with Crippen molar-refractivity contribution in [3.05, 3.63) is 59.2 Å². The van der Waals surface area contributed by atoms with Crippen molar-refractivity contribution in [1.29, 1.82) is 0 Å². The molecule has 0 bridgehead atoms. The van der Waals surface area contributed by atoms with Gasteiger partial charge in [-0.05, 0) is 57.6 Å². The Kier molecular flexibility index (Phi) is 4.31. The van der Waals surface area contributed by atoms with Crippen LogP contribution < -0.4 is 0 Å². The highest BCUT2D eigenvalue weighted by atomic mass is 14.4. The Labute approximate surface area is 149 Å². The predicted octanol–water partition coefficient (Wildman–Crippen LogP) is 6.76. The van der Waals surface area contributed by atoms with Crippen molar-refractivity contribution in [1.82, 2.24) is 0 Å². The maximum Gasteiger partial charge on any atom is -0.0124 e. The number of fused-ring (bicyclic) bond motifs is 1. The molecule has 0 radical (unpaired) electrons. The molecule has 0 spiro atoms. The third kappa shape index (κ3) is 3.25. The lowest BCUT2D eigenvalue weighted by Gasteiger charge is -2.28. The third-order valence-corrected chi connectivity index (χ3v) is 6.18. The summed E-state index contributed by atoms with van der Waals surface area (Å²) in [4.78, 5) is 0. The first kappa shape index (κ1) is 17.5. The van der Waals surface area contributed by atoms with E-state index in [1.54, 1.807) is 5.56 Å². The summed E-state index contributed by atoms with van der Waals surface area (Å²) in [6, 6.07) is 7.44. The number of rotatable bonds is 1. The van der Waals surface area contributed by atoms with Gasteiger partial charge in [-0.15, -0.1) is 0 Å². The average Bonchev–Trinajstić information content (AvgIpc) is 2.83. The molecule has 4 unspecified atom stereocenters. The van der Waals surface area contributed by atoms with Gasteiger partial charge in [0, 0.05) is 0 Å². The van der Waals surface area contributed by atoms with E-state index in [2.05, 4.69) is 91.0 Å². The fourth-order valence-electron chi connectivity index (χ4n) is 4.42. The van der Waals surface area contributed by atoms with Gasteiger partial charge in [0.15, 0.2) is 0 Å². The van der Waals surface area contributed by atoms with Crippen LogP contribution in [0.3, 0.4) is 0 Å². The van der Waals surface area contributed by atoms with Crippen LogP contribution in [0.5, 0.6) is 0 Å². The Morgan fingerprint density at radius 2 is 1.33 bits per heavy atom. The molecule has 0 amide bonds. The molecule has 1 aromatic carbocycles. The Balaban J connectivity index is 2.04. The molecule has 0 N–H and O–H groups in total. The summed E-state index contributed by atoms with van der Waals surface area (Å²) in [5.74, 6) is 2.85. The van der Waals surface area contributed by atoms with Gasteiger partial charge in [-0.1, -0.05) is 91.0 Å². The molecule has 3 rings (SSSR count). The van der Waals surface area contributed by atoms with Crippen molar-refractivity contribution in [3.63, 3.8) is 0 Å². The summed E-state index contributed by atoms with van der Waals surface area (Å²) < 4.78 is 0. The van der Waals surface area contributed by atoms with Crippen molar-refractivity contribution in [2.24, 2.45) is 17.8 Å². The van der Waals surface area contributed by atoms with Gasteiger partial charge >= 0.3 is 0 Å². The lowest BCUT2D eigenvalue weighted by molar-refractivity contribution is 0.430. The Hall–Kier alpha value is -1.30. The molecule has 0 aliphatic heterocycles. The van der Waals surface area contributed by atoms with Crippen molar-refractivity contribution >= 4 is 0 Å². The lowest BCUT2D eigenvalue weighted by atomic mass is 9.76. The number of hydrogen-bond acceptors (Lipinski definition) is 0. The van der Waals surface area contributed by atoms with E-state index in [4.69, 9.17) is 0 Å². The standard InChI is InChI=1S/C24H34/c1-16-21-11-9-8-10-17(21)14-22(16)18-12-19(23(2,3)4)15-20(13-18)24(5,6)7/h8-13,15-17,21-22H,14H2,1-7H3. The molecule has 0 heterocycles. The molecule has 4 atom stereocenters. The minimum absolute atomic E-state index is 0.199. The van der Waals surface area contributed by atoms with Crippen LogP contribution in [0.1, 0.15) is 77.5 Å². The van der Waals surface area contributed by atoms with Crippen LogP contribution in [0.25, 0.3) is 0 Å². The van der Waals surface area contributed by atoms with Gasteiger partial charge in [0.25, 0.3) is 0 Å². The molecule has 1 aromatic rings. The first-order chi connectivity index (χ1) is 11.1. The molecule has 0 heteroatoms. The highest BCUT2D eigenvalue weighted by molar-refractivity contribution is 5.40. The zero-order chi connectivity index (χ0) is 17.7. The van der Waals surface area contributed by atoms with Gasteiger partial charge in [-0.25, -0.2) is 0 Å². The van der Waals surface area contributed by atoms with E-state index in [9.17, 15) is 0 Å². The van der Waals surface area contributed by atoms with Crippen molar-refractivity contribution in [2.75, 3.05) is 0 Å². The minimum Gasteiger partial charge on any atom is -0.0808 e. The van der Waals surface area contributed by atoms with Gasteiger partial charge in [0.1, 0.15) is 0 Å². The van der Waals surface area contributed by atoms with Crippen LogP contribution in [0.2, 0.25) is 0 Å². The zero-order valence-corrected chi connectivity index (χ0v) is 16.6. The first-order valence-electron chi connectivity index (χ1n) is 9.58. The largest absolute Gasteiger partial charge is 0.0808 e. The van der Waals surface area contributed by atoms with Gasteiger partial charge in [-0.2, -0.15) is 0 Å². The van der Waals surface area contributed by atoms with Crippen molar-refractivity contribution in [2.45, 2.75) is 71.6 Å². The fraction of sp³-hybridized carbons (Fsp3) is 0.583. The van der Waals surface area contributed by atoms with E-state index in [-0.39, 0.29) is 10.8 Å². The molecule has 1 fully saturated rings. The second-order valence-corrected chi connectivity index (χ2v) is 10.1. The number of allylic oxidation sites excluding steroid dienone is 4. The van der Waals surface area contributed by atoms with E-state index in [0.29, 0.717) is 5.92 Å². The summed E-state index contributed by atoms with van der Waals surface area (Å²) in [6.45, 7) is 16.5. The van der Waals surface area contributed by atoms with Crippen molar-refractivity contribution < 1.29 is 0 Å². The molecule has 0 saturated heterocycles. The summed E-state index contributed by atoms with van der Waals surface area (Å²) >= 11 is 0. The van der Waals surface area contributed by atoms with Gasteiger partial charge in [0.2, 0.25) is 0 Å². The zero-order valence-electron chi connectivity index (χ0n) is 16.6. The van der Waals surface area contributed by atoms with E-state index >= 15 is 0 Å². The van der Waals surface area contributed by atoms with Gasteiger partial charge in [-0.3, -0.25) is 0 Å². The second kappa shape index (κ2) is 5.90. The Morgan fingerprint density at radius 3 is 1.83 bits per heavy atom. The highest BCUT2D eigenvalue weighted by Crippen LogP contribution is 2.50. The Bertz CT molecular complexity index is 628. The first-order valence-corrected chi connectivity index (χ1v) is 9.58. The van der Waals surface area contributed by atoms with Crippen LogP contribution in [0.15, 0.2) is 42.5 Å². The van der Waals surface area contributed by atoms with Gasteiger partial charge in [0.05, 0.1) is 0 Å². The molecule has 2 aliphatic carbocycles. The fourth-order valence-corrected chi connectivity index (χ4v) is 4.42. The van der Waals surface area contributed by atoms with E-state index in [0.717, 1.165) is 17.8 Å². The normalized spacial score (nSPS) is 29.8. The van der Waals surface area contributed by atoms with Crippen LogP contribution >= 0.6 is 0 Å². The Morgan fingerprint density at radius 1 is 0.792 bits per heavy atom. The third-order valence-electron chi connectivity index (χ3n) is 6.18. The molecular weight excluding hydrogens is 288 g/mol. The van der Waals surface area contributed by atoms with Crippen LogP contribution in [0.4, 0.5) is 0 Å². The summed E-state index contributed by atoms with van der Waals surface area (Å²) in [6.07, 6.45) is 10.6. The van der Waals surface area contributed by atoms with Crippen LogP contribution in [0, 0.1) is 17.8 Å². The SMILES string of the molecule is CC1C(c2cc(C(C)(C)C)cc(C(C)(C)C)c2)CC2C=CC=CC21. The summed E-state index contributed by atoms with van der Waals surface area (Å²) in [7, 11) is 0. The number of hydrogen-bond donors (Lipinski definition) is 0. The van der Waals surface area contributed by atoms with E-state index in [1.165, 1.54) is 17.5 Å². The molecule has 2 aliphatic rings.